The number of anilines is 1. The second-order valence-corrected chi connectivity index (χ2v) is 5.46. The van der Waals surface area contributed by atoms with Gasteiger partial charge in [0.1, 0.15) is 10.7 Å². The Balaban J connectivity index is 2.28. The van der Waals surface area contributed by atoms with E-state index in [2.05, 4.69) is 49.0 Å². The number of rotatable bonds is 4. The molecule has 2 N–H and O–H groups in total. The van der Waals surface area contributed by atoms with Gasteiger partial charge in [-0.25, -0.2) is 0 Å². The van der Waals surface area contributed by atoms with E-state index in [0.29, 0.717) is 10.7 Å². The summed E-state index contributed by atoms with van der Waals surface area (Å²) < 4.78 is 0. The summed E-state index contributed by atoms with van der Waals surface area (Å²) >= 11 is 5.06. The number of hydrogen-bond acceptors (Lipinski definition) is 3. The van der Waals surface area contributed by atoms with E-state index in [9.17, 15) is 0 Å². The van der Waals surface area contributed by atoms with Crippen LogP contribution >= 0.6 is 12.2 Å². The highest BCUT2D eigenvalue weighted by Gasteiger charge is 2.10. The lowest BCUT2D eigenvalue weighted by molar-refractivity contribution is 0.906. The maximum atomic E-state index is 5.73. The molecule has 0 aliphatic carbocycles. The van der Waals surface area contributed by atoms with Gasteiger partial charge < -0.3 is 10.6 Å². The zero-order chi connectivity index (χ0) is 14.7. The predicted octanol–water partition coefficient (Wildman–Crippen LogP) is 2.97. The van der Waals surface area contributed by atoms with E-state index in [1.807, 2.05) is 12.1 Å². The lowest BCUT2D eigenvalue weighted by Crippen LogP contribution is -2.22. The molecule has 104 valence electrons. The molecule has 0 atom stereocenters. The van der Waals surface area contributed by atoms with Crippen molar-refractivity contribution >= 4 is 22.9 Å². The lowest BCUT2D eigenvalue weighted by Gasteiger charge is -2.22. The normalized spacial score (nSPS) is 10.3. The first-order valence-electron chi connectivity index (χ1n) is 6.51. The fourth-order valence-electron chi connectivity index (χ4n) is 2.36. The Bertz CT molecular complexity index is 637. The number of hydrogen-bond donors (Lipinski definition) is 1. The highest BCUT2D eigenvalue weighted by Crippen LogP contribution is 2.22. The third kappa shape index (κ3) is 3.14. The molecule has 1 aromatic carbocycles. The summed E-state index contributed by atoms with van der Waals surface area (Å²) in [5.74, 6) is 0. The fourth-order valence-corrected chi connectivity index (χ4v) is 2.55. The van der Waals surface area contributed by atoms with Crippen LogP contribution in [0.4, 0.5) is 5.69 Å². The van der Waals surface area contributed by atoms with Gasteiger partial charge >= 0.3 is 0 Å². The number of nitrogens with zero attached hydrogens (tertiary/aromatic N) is 2. The quantitative estimate of drug-likeness (QED) is 0.877. The van der Waals surface area contributed by atoms with Crippen molar-refractivity contribution in [2.75, 3.05) is 11.9 Å². The average Bonchev–Trinajstić information content (AvgIpc) is 2.38. The van der Waals surface area contributed by atoms with Crippen LogP contribution in [0.25, 0.3) is 0 Å². The van der Waals surface area contributed by atoms with Crippen molar-refractivity contribution in [3.63, 3.8) is 0 Å². The molecule has 0 unspecified atom stereocenters. The number of aryl methyl sites for hydroxylation is 2. The zero-order valence-corrected chi connectivity index (χ0v) is 12.9. The van der Waals surface area contributed by atoms with Gasteiger partial charge in [-0.1, -0.05) is 36.0 Å². The summed E-state index contributed by atoms with van der Waals surface area (Å²) in [5.41, 5.74) is 11.2. The van der Waals surface area contributed by atoms with Crippen LogP contribution in [-0.4, -0.2) is 17.0 Å². The largest absolute Gasteiger partial charge is 0.388 e. The third-order valence-corrected chi connectivity index (χ3v) is 3.49. The summed E-state index contributed by atoms with van der Waals surface area (Å²) in [6.07, 6.45) is 1.72. The van der Waals surface area contributed by atoms with Crippen LogP contribution in [0.5, 0.6) is 0 Å². The molecule has 1 heterocycles. The number of pyridine rings is 1. The molecule has 0 saturated heterocycles. The van der Waals surface area contributed by atoms with Crippen LogP contribution in [0.3, 0.4) is 0 Å². The van der Waals surface area contributed by atoms with E-state index < -0.39 is 0 Å². The third-order valence-electron chi connectivity index (χ3n) is 3.30. The Morgan fingerprint density at radius 1 is 1.30 bits per heavy atom. The highest BCUT2D eigenvalue weighted by atomic mass is 32.1. The summed E-state index contributed by atoms with van der Waals surface area (Å²) in [4.78, 5) is 6.80. The van der Waals surface area contributed by atoms with Crippen molar-refractivity contribution in [1.82, 2.24) is 4.98 Å². The zero-order valence-electron chi connectivity index (χ0n) is 12.1. The number of thiocarbonyl (C=S) groups is 1. The molecule has 0 radical (unpaired) electrons. The standard InChI is InChI=1S/C16H19N3S/c1-11-6-7-14(12(2)9-11)19(3)10-13-5-4-8-18-15(13)16(17)20/h4-9H,10H2,1-3H3,(H2,17,20). The topological polar surface area (TPSA) is 42.2 Å². The van der Waals surface area contributed by atoms with Gasteiger partial charge in [0.15, 0.2) is 0 Å². The van der Waals surface area contributed by atoms with Crippen LogP contribution in [0, 0.1) is 13.8 Å². The number of aromatic nitrogens is 1. The molecule has 20 heavy (non-hydrogen) atoms. The molecule has 1 aromatic heterocycles. The molecule has 4 heteroatoms. The second-order valence-electron chi connectivity index (χ2n) is 5.02. The van der Waals surface area contributed by atoms with Gasteiger partial charge in [-0.15, -0.1) is 0 Å². The Morgan fingerprint density at radius 3 is 2.70 bits per heavy atom. The minimum absolute atomic E-state index is 0.342. The minimum Gasteiger partial charge on any atom is -0.388 e. The van der Waals surface area contributed by atoms with Crippen molar-refractivity contribution in [1.29, 1.82) is 0 Å². The van der Waals surface area contributed by atoms with Crippen molar-refractivity contribution in [3.05, 3.63) is 58.9 Å². The molecule has 0 aliphatic heterocycles. The van der Waals surface area contributed by atoms with Crippen LogP contribution in [0.1, 0.15) is 22.4 Å². The first-order chi connectivity index (χ1) is 9.49. The summed E-state index contributed by atoms with van der Waals surface area (Å²) in [6, 6.07) is 10.4. The molecular weight excluding hydrogens is 266 g/mol. The molecule has 0 aliphatic rings. The minimum atomic E-state index is 0.342. The molecule has 0 fully saturated rings. The Labute approximate surface area is 125 Å². The van der Waals surface area contributed by atoms with Gasteiger partial charge in [0.2, 0.25) is 0 Å². The fraction of sp³-hybridized carbons (Fsp3) is 0.250. The molecular formula is C16H19N3S. The summed E-state index contributed by atoms with van der Waals surface area (Å²) in [6.45, 7) is 4.95. The van der Waals surface area contributed by atoms with Crippen molar-refractivity contribution < 1.29 is 0 Å². The molecule has 2 rings (SSSR count). The van der Waals surface area contributed by atoms with E-state index in [4.69, 9.17) is 18.0 Å². The second kappa shape index (κ2) is 6.01. The smallest absolute Gasteiger partial charge is 0.123 e. The molecule has 2 aromatic rings. The number of nitrogens with two attached hydrogens (primary N) is 1. The monoisotopic (exact) mass is 285 g/mol. The number of benzene rings is 1. The highest BCUT2D eigenvalue weighted by molar-refractivity contribution is 7.80. The van der Waals surface area contributed by atoms with Crippen LogP contribution in [-0.2, 0) is 6.54 Å². The Hall–Kier alpha value is -1.94. The Morgan fingerprint density at radius 2 is 2.05 bits per heavy atom. The van der Waals surface area contributed by atoms with Crippen molar-refractivity contribution in [2.24, 2.45) is 5.73 Å². The molecule has 0 bridgehead atoms. The van der Waals surface area contributed by atoms with Gasteiger partial charge in [0, 0.05) is 31.0 Å². The van der Waals surface area contributed by atoms with Gasteiger partial charge in [-0.3, -0.25) is 4.98 Å². The predicted molar refractivity (Wildman–Crippen MR) is 88.1 cm³/mol. The van der Waals surface area contributed by atoms with E-state index in [1.165, 1.54) is 16.8 Å². The van der Waals surface area contributed by atoms with Crippen LogP contribution in [0.15, 0.2) is 36.5 Å². The maximum Gasteiger partial charge on any atom is 0.123 e. The Kier molecular flexibility index (Phi) is 4.35. The van der Waals surface area contributed by atoms with E-state index >= 15 is 0 Å². The van der Waals surface area contributed by atoms with Crippen LogP contribution in [0.2, 0.25) is 0 Å². The molecule has 0 amide bonds. The van der Waals surface area contributed by atoms with Gasteiger partial charge in [0.05, 0.1) is 0 Å². The summed E-state index contributed by atoms with van der Waals surface area (Å²) in [5, 5.41) is 0. The van der Waals surface area contributed by atoms with Gasteiger partial charge in [0.25, 0.3) is 0 Å². The van der Waals surface area contributed by atoms with Gasteiger partial charge in [-0.05, 0) is 31.5 Å². The lowest BCUT2D eigenvalue weighted by atomic mass is 10.1. The van der Waals surface area contributed by atoms with Crippen molar-refractivity contribution in [2.45, 2.75) is 20.4 Å². The molecule has 0 saturated carbocycles. The molecule has 3 nitrogen and oxygen atoms in total. The van der Waals surface area contributed by atoms with E-state index in [0.717, 1.165) is 12.1 Å². The van der Waals surface area contributed by atoms with E-state index in [-0.39, 0.29) is 0 Å². The van der Waals surface area contributed by atoms with E-state index in [1.54, 1.807) is 6.20 Å². The summed E-state index contributed by atoms with van der Waals surface area (Å²) in [7, 11) is 2.06. The SMILES string of the molecule is Cc1ccc(N(C)Cc2cccnc2C(N)=S)c(C)c1. The van der Waals surface area contributed by atoms with Crippen LogP contribution < -0.4 is 10.6 Å². The average molecular weight is 285 g/mol. The maximum absolute atomic E-state index is 5.73. The first-order valence-corrected chi connectivity index (χ1v) is 6.92. The van der Waals surface area contributed by atoms with Crippen molar-refractivity contribution in [3.8, 4) is 0 Å². The van der Waals surface area contributed by atoms with Gasteiger partial charge in [-0.2, -0.15) is 0 Å². The molecule has 0 spiro atoms. The first kappa shape index (κ1) is 14.5.